The van der Waals surface area contributed by atoms with Gasteiger partial charge < -0.3 is 14.5 Å². The fourth-order valence-corrected chi connectivity index (χ4v) is 5.58. The van der Waals surface area contributed by atoms with Crippen LogP contribution in [0.25, 0.3) is 10.9 Å². The molecule has 0 bridgehead atoms. The molecule has 7 nitrogen and oxygen atoms in total. The summed E-state index contributed by atoms with van der Waals surface area (Å²) in [5.41, 5.74) is 4.22. The molecule has 1 unspecified atom stereocenters. The number of aromatic nitrogens is 1. The van der Waals surface area contributed by atoms with Gasteiger partial charge >= 0.3 is 6.09 Å². The van der Waals surface area contributed by atoms with Crippen molar-refractivity contribution in [1.29, 1.82) is 0 Å². The summed E-state index contributed by atoms with van der Waals surface area (Å²) in [6.45, 7) is 4.32. The lowest BCUT2D eigenvalue weighted by molar-refractivity contribution is 0.0941. The number of amides is 1. The Balaban J connectivity index is 1.33. The lowest BCUT2D eigenvalue weighted by Gasteiger charge is -2.36. The van der Waals surface area contributed by atoms with Crippen molar-refractivity contribution in [3.63, 3.8) is 0 Å². The van der Waals surface area contributed by atoms with Gasteiger partial charge in [0.15, 0.2) is 17.3 Å². The van der Waals surface area contributed by atoms with Gasteiger partial charge in [0, 0.05) is 43.3 Å². The monoisotopic (exact) mass is 501 g/mol. The standard InChI is InChI=1S/C28H27N3O4S/c1-21-7-10-24(11-8-21)36(34)31-14-13-25-26(31)12-9-23(19-32)27(25)29-15-17-30(18-16-29)28(33)35-20-22-5-3-2-4-6-22/h2-14,19H,15-18,20H2,1H3. The van der Waals surface area contributed by atoms with Crippen LogP contribution in [0.5, 0.6) is 0 Å². The zero-order valence-corrected chi connectivity index (χ0v) is 20.8. The number of carbonyl (C=O) groups is 2. The van der Waals surface area contributed by atoms with E-state index in [1.807, 2.05) is 73.7 Å². The molecule has 0 N–H and O–H groups in total. The molecule has 1 aromatic heterocycles. The molecule has 0 saturated carbocycles. The average Bonchev–Trinajstić information content (AvgIpc) is 3.36. The fraction of sp³-hybridized carbons (Fsp3) is 0.214. The molecule has 1 aliphatic heterocycles. The highest BCUT2D eigenvalue weighted by molar-refractivity contribution is 7.83. The number of ether oxygens (including phenoxy) is 1. The van der Waals surface area contributed by atoms with E-state index in [9.17, 15) is 13.8 Å². The topological polar surface area (TPSA) is 71.8 Å². The Morgan fingerprint density at radius 3 is 2.36 bits per heavy atom. The molecule has 3 aromatic carbocycles. The van der Waals surface area contributed by atoms with E-state index in [0.717, 1.165) is 34.0 Å². The van der Waals surface area contributed by atoms with Gasteiger partial charge in [0.25, 0.3) is 0 Å². The van der Waals surface area contributed by atoms with Crippen molar-refractivity contribution >= 4 is 40.0 Å². The summed E-state index contributed by atoms with van der Waals surface area (Å²) < 4.78 is 20.5. The molecule has 2 heterocycles. The van der Waals surface area contributed by atoms with Crippen LogP contribution in [0.3, 0.4) is 0 Å². The summed E-state index contributed by atoms with van der Waals surface area (Å²) in [5.74, 6) is 0. The first-order valence-corrected chi connectivity index (χ1v) is 12.9. The minimum absolute atomic E-state index is 0.236. The van der Waals surface area contributed by atoms with Crippen LogP contribution in [-0.4, -0.2) is 51.6 Å². The number of hydrogen-bond donors (Lipinski definition) is 0. The Morgan fingerprint density at radius 2 is 1.67 bits per heavy atom. The summed E-state index contributed by atoms with van der Waals surface area (Å²) in [6, 6.07) is 22.7. The molecule has 4 aromatic rings. The van der Waals surface area contributed by atoms with Crippen molar-refractivity contribution in [3.8, 4) is 0 Å². The third kappa shape index (κ3) is 4.77. The maximum absolute atomic E-state index is 13.3. The molecule has 0 aliphatic carbocycles. The Labute approximate surface area is 212 Å². The summed E-state index contributed by atoms with van der Waals surface area (Å²) >= 11 is 0. The van der Waals surface area contributed by atoms with Crippen molar-refractivity contribution in [2.75, 3.05) is 31.1 Å². The zero-order valence-electron chi connectivity index (χ0n) is 20.0. The van der Waals surface area contributed by atoms with Gasteiger partial charge in [-0.05, 0) is 42.8 Å². The van der Waals surface area contributed by atoms with E-state index < -0.39 is 11.0 Å². The minimum Gasteiger partial charge on any atom is -0.445 e. The van der Waals surface area contributed by atoms with Crippen molar-refractivity contribution in [1.82, 2.24) is 8.87 Å². The smallest absolute Gasteiger partial charge is 0.410 e. The lowest BCUT2D eigenvalue weighted by Crippen LogP contribution is -2.49. The Hall–Kier alpha value is -3.91. The number of nitrogens with zero attached hydrogens (tertiary/aromatic N) is 3. The SMILES string of the molecule is Cc1ccc(S(=O)n2ccc3c(N4CCN(C(=O)OCc5ccccc5)CC4)c(C=O)ccc32)cc1. The number of piperazine rings is 1. The largest absolute Gasteiger partial charge is 0.445 e. The third-order valence-corrected chi connectivity index (χ3v) is 7.78. The highest BCUT2D eigenvalue weighted by atomic mass is 32.2. The predicted octanol–water partition coefficient (Wildman–Crippen LogP) is 4.79. The van der Waals surface area contributed by atoms with E-state index in [-0.39, 0.29) is 12.7 Å². The summed E-state index contributed by atoms with van der Waals surface area (Å²) in [6.07, 6.45) is 2.31. The summed E-state index contributed by atoms with van der Waals surface area (Å²) in [5, 5.41) is 0.861. The lowest BCUT2D eigenvalue weighted by atomic mass is 10.1. The van der Waals surface area contributed by atoms with Crippen LogP contribution in [-0.2, 0) is 22.3 Å². The fourth-order valence-electron chi connectivity index (χ4n) is 4.48. The van der Waals surface area contributed by atoms with Crippen LogP contribution in [0.1, 0.15) is 21.5 Å². The Bertz CT molecular complexity index is 1410. The van der Waals surface area contributed by atoms with Gasteiger partial charge in [-0.15, -0.1) is 0 Å². The second kappa shape index (κ2) is 10.4. The van der Waals surface area contributed by atoms with Crippen LogP contribution in [0, 0.1) is 6.92 Å². The van der Waals surface area contributed by atoms with Gasteiger partial charge in [-0.25, -0.2) is 9.00 Å². The number of anilines is 1. The number of aldehydes is 1. The normalized spacial score (nSPS) is 14.6. The Morgan fingerprint density at radius 1 is 0.944 bits per heavy atom. The predicted molar refractivity (Wildman–Crippen MR) is 141 cm³/mol. The molecule has 184 valence electrons. The van der Waals surface area contributed by atoms with Gasteiger partial charge in [0.2, 0.25) is 0 Å². The van der Waals surface area contributed by atoms with Crippen molar-refractivity contribution in [3.05, 3.63) is 95.7 Å². The molecule has 1 atom stereocenters. The number of rotatable bonds is 6. The first kappa shape index (κ1) is 23.8. The maximum atomic E-state index is 13.3. The average molecular weight is 502 g/mol. The molecule has 1 saturated heterocycles. The Kier molecular flexibility index (Phi) is 6.86. The number of benzene rings is 3. The van der Waals surface area contributed by atoms with Gasteiger partial charge in [0.1, 0.15) is 6.61 Å². The van der Waals surface area contributed by atoms with Gasteiger partial charge in [-0.3, -0.25) is 8.77 Å². The second-order valence-electron chi connectivity index (χ2n) is 8.77. The van der Waals surface area contributed by atoms with Crippen LogP contribution < -0.4 is 4.90 Å². The van der Waals surface area contributed by atoms with Gasteiger partial charge in [-0.2, -0.15) is 0 Å². The van der Waals surface area contributed by atoms with Crippen LogP contribution in [0.2, 0.25) is 0 Å². The summed E-state index contributed by atoms with van der Waals surface area (Å²) in [7, 11) is -1.41. The maximum Gasteiger partial charge on any atom is 0.410 e. The third-order valence-electron chi connectivity index (χ3n) is 6.43. The zero-order chi connectivity index (χ0) is 25.1. The summed E-state index contributed by atoms with van der Waals surface area (Å²) in [4.78, 5) is 29.0. The molecule has 0 radical (unpaired) electrons. The van der Waals surface area contributed by atoms with E-state index in [1.165, 1.54) is 0 Å². The highest BCUT2D eigenvalue weighted by Gasteiger charge is 2.26. The first-order chi connectivity index (χ1) is 17.5. The van der Waals surface area contributed by atoms with Crippen molar-refractivity contribution in [2.45, 2.75) is 18.4 Å². The van der Waals surface area contributed by atoms with Crippen LogP contribution >= 0.6 is 0 Å². The van der Waals surface area contributed by atoms with E-state index in [4.69, 9.17) is 4.74 Å². The van der Waals surface area contributed by atoms with Crippen LogP contribution in [0.15, 0.2) is 83.9 Å². The molecule has 1 aliphatic rings. The van der Waals surface area contributed by atoms with Crippen molar-refractivity contribution < 1.29 is 18.5 Å². The first-order valence-electron chi connectivity index (χ1n) is 11.8. The van der Waals surface area contributed by atoms with E-state index in [1.54, 1.807) is 21.1 Å². The minimum atomic E-state index is -1.41. The van der Waals surface area contributed by atoms with E-state index in [0.29, 0.717) is 36.6 Å². The van der Waals surface area contributed by atoms with Crippen LogP contribution in [0.4, 0.5) is 10.5 Å². The quantitative estimate of drug-likeness (QED) is 0.355. The van der Waals surface area contributed by atoms with Gasteiger partial charge in [0.05, 0.1) is 16.1 Å². The van der Waals surface area contributed by atoms with E-state index in [2.05, 4.69) is 4.90 Å². The number of aryl methyl sites for hydroxylation is 1. The molecule has 0 spiro atoms. The molecule has 8 heteroatoms. The van der Waals surface area contributed by atoms with Crippen molar-refractivity contribution in [2.24, 2.45) is 0 Å². The molecule has 36 heavy (non-hydrogen) atoms. The highest BCUT2D eigenvalue weighted by Crippen LogP contribution is 2.33. The second-order valence-corrected chi connectivity index (χ2v) is 10.1. The molecule has 1 fully saturated rings. The molecule has 5 rings (SSSR count). The van der Waals surface area contributed by atoms with Gasteiger partial charge in [-0.1, -0.05) is 48.0 Å². The number of hydrogen-bond acceptors (Lipinski definition) is 5. The number of fused-ring (bicyclic) bond motifs is 1. The van der Waals surface area contributed by atoms with E-state index >= 15 is 0 Å². The number of carbonyl (C=O) groups excluding carboxylic acids is 2. The molecule has 1 amide bonds. The molecular formula is C28H27N3O4S. The molecular weight excluding hydrogens is 474 g/mol.